The fourth-order valence-electron chi connectivity index (χ4n) is 2.52. The van der Waals surface area contributed by atoms with Crippen molar-refractivity contribution >= 4 is 11.3 Å². The minimum atomic E-state index is 0.317. The summed E-state index contributed by atoms with van der Waals surface area (Å²) < 4.78 is 5.63. The highest BCUT2D eigenvalue weighted by molar-refractivity contribution is 7.09. The zero-order valence-corrected chi connectivity index (χ0v) is 12.7. The van der Waals surface area contributed by atoms with E-state index in [1.165, 1.54) is 10.4 Å². The molecule has 21 heavy (non-hydrogen) atoms. The highest BCUT2D eigenvalue weighted by Gasteiger charge is 2.16. The minimum absolute atomic E-state index is 0.317. The minimum Gasteiger partial charge on any atom is -0.469 e. The third-order valence-corrected chi connectivity index (χ3v) is 4.45. The van der Waals surface area contributed by atoms with E-state index in [4.69, 9.17) is 4.42 Å². The van der Waals surface area contributed by atoms with Crippen LogP contribution in [-0.4, -0.2) is 6.54 Å². The Hall–Kier alpha value is -1.84. The lowest BCUT2D eigenvalue weighted by atomic mass is 9.93. The second kappa shape index (κ2) is 7.25. The van der Waals surface area contributed by atoms with Crippen LogP contribution in [0.3, 0.4) is 0 Å². The van der Waals surface area contributed by atoms with Crippen LogP contribution in [0.2, 0.25) is 0 Å². The average molecular weight is 297 g/mol. The van der Waals surface area contributed by atoms with Gasteiger partial charge < -0.3 is 9.73 Å². The summed E-state index contributed by atoms with van der Waals surface area (Å²) in [6, 6.07) is 18.9. The maximum atomic E-state index is 5.63. The lowest BCUT2D eigenvalue weighted by Gasteiger charge is -2.15. The fourth-order valence-corrected chi connectivity index (χ4v) is 3.19. The van der Waals surface area contributed by atoms with Crippen LogP contribution in [-0.2, 0) is 6.54 Å². The van der Waals surface area contributed by atoms with Gasteiger partial charge in [0.05, 0.1) is 6.26 Å². The lowest BCUT2D eigenvalue weighted by Crippen LogP contribution is -2.17. The van der Waals surface area contributed by atoms with E-state index in [-0.39, 0.29) is 0 Å². The summed E-state index contributed by atoms with van der Waals surface area (Å²) in [5, 5.41) is 5.64. The first-order valence-electron chi connectivity index (χ1n) is 7.25. The summed E-state index contributed by atoms with van der Waals surface area (Å²) >= 11 is 1.79. The fraction of sp³-hybridized carbons (Fsp3) is 0.222. The summed E-state index contributed by atoms with van der Waals surface area (Å²) in [6.45, 7) is 1.91. The zero-order chi connectivity index (χ0) is 14.3. The number of rotatable bonds is 7. The molecule has 0 unspecified atom stereocenters. The van der Waals surface area contributed by atoms with Gasteiger partial charge in [0, 0.05) is 17.3 Å². The van der Waals surface area contributed by atoms with E-state index in [0.29, 0.717) is 5.92 Å². The quantitative estimate of drug-likeness (QED) is 0.642. The number of furan rings is 1. The van der Waals surface area contributed by atoms with Crippen LogP contribution in [0.4, 0.5) is 0 Å². The largest absolute Gasteiger partial charge is 0.469 e. The summed E-state index contributed by atoms with van der Waals surface area (Å²) in [7, 11) is 0. The molecule has 0 aliphatic rings. The molecule has 3 rings (SSSR count). The first-order chi connectivity index (χ1) is 10.4. The third-order valence-electron chi connectivity index (χ3n) is 3.58. The van der Waals surface area contributed by atoms with Crippen molar-refractivity contribution in [3.05, 3.63) is 82.4 Å². The molecule has 1 atom stereocenters. The Bertz CT molecular complexity index is 617. The van der Waals surface area contributed by atoms with Crippen LogP contribution in [0, 0.1) is 0 Å². The standard InChI is InChI=1S/C18H19NOS/c1-2-6-15(7-3-1)17(18-9-4-12-20-18)10-11-19-14-16-8-5-13-21-16/h1-9,12-13,17,19H,10-11,14H2/t17-/m0/s1. The Kier molecular flexibility index (Phi) is 4.87. The molecule has 108 valence electrons. The number of benzene rings is 1. The summed E-state index contributed by atoms with van der Waals surface area (Å²) in [6.07, 6.45) is 2.78. The molecule has 0 fully saturated rings. The van der Waals surface area contributed by atoms with Crippen LogP contribution in [0.25, 0.3) is 0 Å². The van der Waals surface area contributed by atoms with Crippen molar-refractivity contribution in [2.45, 2.75) is 18.9 Å². The molecule has 2 heterocycles. The smallest absolute Gasteiger partial charge is 0.111 e. The van der Waals surface area contributed by atoms with Crippen molar-refractivity contribution in [3.63, 3.8) is 0 Å². The van der Waals surface area contributed by atoms with E-state index in [0.717, 1.165) is 25.3 Å². The van der Waals surface area contributed by atoms with Crippen LogP contribution in [0.1, 0.15) is 28.5 Å². The molecular formula is C18H19NOS. The predicted molar refractivity (Wildman–Crippen MR) is 87.6 cm³/mol. The molecule has 0 bridgehead atoms. The van der Waals surface area contributed by atoms with Crippen molar-refractivity contribution < 1.29 is 4.42 Å². The van der Waals surface area contributed by atoms with Crippen LogP contribution in [0.5, 0.6) is 0 Å². The Morgan fingerprint density at radius 1 is 1.00 bits per heavy atom. The van der Waals surface area contributed by atoms with Gasteiger partial charge in [-0.3, -0.25) is 0 Å². The number of thiophene rings is 1. The molecule has 2 nitrogen and oxygen atoms in total. The van der Waals surface area contributed by atoms with Gasteiger partial charge in [-0.15, -0.1) is 11.3 Å². The lowest BCUT2D eigenvalue weighted by molar-refractivity contribution is 0.466. The topological polar surface area (TPSA) is 25.2 Å². The molecule has 0 amide bonds. The second-order valence-electron chi connectivity index (χ2n) is 5.02. The molecular weight excluding hydrogens is 278 g/mol. The normalized spacial score (nSPS) is 12.4. The molecule has 3 heteroatoms. The molecule has 0 aliphatic carbocycles. The van der Waals surface area contributed by atoms with E-state index in [2.05, 4.69) is 59.2 Å². The van der Waals surface area contributed by atoms with Crippen LogP contribution in [0.15, 0.2) is 70.7 Å². The monoisotopic (exact) mass is 297 g/mol. The van der Waals surface area contributed by atoms with Gasteiger partial charge in [-0.25, -0.2) is 0 Å². The molecule has 0 saturated heterocycles. The molecule has 1 aromatic carbocycles. The number of nitrogens with one attached hydrogen (secondary N) is 1. The van der Waals surface area contributed by atoms with Gasteiger partial charge in [0.1, 0.15) is 5.76 Å². The van der Waals surface area contributed by atoms with Gasteiger partial charge in [-0.1, -0.05) is 36.4 Å². The molecule has 0 aliphatic heterocycles. The first-order valence-corrected chi connectivity index (χ1v) is 8.13. The molecule has 2 aromatic heterocycles. The molecule has 3 aromatic rings. The average Bonchev–Trinajstić information content (AvgIpc) is 3.21. The van der Waals surface area contributed by atoms with Gasteiger partial charge in [0.25, 0.3) is 0 Å². The van der Waals surface area contributed by atoms with Gasteiger partial charge in [-0.05, 0) is 42.1 Å². The zero-order valence-electron chi connectivity index (χ0n) is 11.9. The highest BCUT2D eigenvalue weighted by Crippen LogP contribution is 2.27. The van der Waals surface area contributed by atoms with Gasteiger partial charge in [0.15, 0.2) is 0 Å². The second-order valence-corrected chi connectivity index (χ2v) is 6.06. The summed E-state index contributed by atoms with van der Waals surface area (Å²) in [4.78, 5) is 1.38. The molecule has 0 spiro atoms. The van der Waals surface area contributed by atoms with Crippen LogP contribution >= 0.6 is 11.3 Å². The van der Waals surface area contributed by atoms with Crippen molar-refractivity contribution in [1.29, 1.82) is 0 Å². The Labute approximate surface area is 129 Å². The third kappa shape index (κ3) is 3.84. The molecule has 0 radical (unpaired) electrons. The molecule has 1 N–H and O–H groups in total. The maximum Gasteiger partial charge on any atom is 0.111 e. The Morgan fingerprint density at radius 3 is 2.62 bits per heavy atom. The van der Waals surface area contributed by atoms with E-state index >= 15 is 0 Å². The van der Waals surface area contributed by atoms with Crippen molar-refractivity contribution in [2.24, 2.45) is 0 Å². The maximum absolute atomic E-state index is 5.63. The number of hydrogen-bond donors (Lipinski definition) is 1. The predicted octanol–water partition coefficient (Wildman–Crippen LogP) is 4.65. The van der Waals surface area contributed by atoms with Crippen molar-refractivity contribution in [1.82, 2.24) is 5.32 Å². The van der Waals surface area contributed by atoms with Gasteiger partial charge >= 0.3 is 0 Å². The Balaban J connectivity index is 1.61. The summed E-state index contributed by atoms with van der Waals surface area (Å²) in [5.74, 6) is 1.36. The number of hydrogen-bond acceptors (Lipinski definition) is 3. The van der Waals surface area contributed by atoms with Crippen molar-refractivity contribution in [3.8, 4) is 0 Å². The Morgan fingerprint density at radius 2 is 1.90 bits per heavy atom. The van der Waals surface area contributed by atoms with Gasteiger partial charge in [0.2, 0.25) is 0 Å². The van der Waals surface area contributed by atoms with E-state index in [1.807, 2.05) is 6.07 Å². The van der Waals surface area contributed by atoms with Crippen molar-refractivity contribution in [2.75, 3.05) is 6.54 Å². The first kappa shape index (κ1) is 14.1. The summed E-state index contributed by atoms with van der Waals surface area (Å²) in [5.41, 5.74) is 1.31. The molecule has 0 saturated carbocycles. The van der Waals surface area contributed by atoms with E-state index < -0.39 is 0 Å². The highest BCUT2D eigenvalue weighted by atomic mass is 32.1. The van der Waals surface area contributed by atoms with Gasteiger partial charge in [-0.2, -0.15) is 0 Å². The van der Waals surface area contributed by atoms with E-state index in [1.54, 1.807) is 17.6 Å². The van der Waals surface area contributed by atoms with Crippen LogP contribution < -0.4 is 5.32 Å². The van der Waals surface area contributed by atoms with E-state index in [9.17, 15) is 0 Å². The SMILES string of the molecule is c1ccc([C@H](CCNCc2cccs2)c2ccco2)cc1.